The molecule has 1 aromatic carbocycles. The number of halogens is 2. The average molecular weight is 268 g/mol. The van der Waals surface area contributed by atoms with Gasteiger partial charge in [-0.1, -0.05) is 29.3 Å². The minimum atomic E-state index is -0.515. The standard InChI is InChI=1S/C13H11Cl2NO/c14-9-2-1-3-10(15)11(9)13(6-16)4-12(5-13)7-17-8-12/h1-3H,4-5,7-8H2. The van der Waals surface area contributed by atoms with Crippen molar-refractivity contribution in [3.05, 3.63) is 33.8 Å². The van der Waals surface area contributed by atoms with Crippen molar-refractivity contribution in [2.24, 2.45) is 5.41 Å². The summed E-state index contributed by atoms with van der Waals surface area (Å²) in [5.74, 6) is 0. The fourth-order valence-corrected chi connectivity index (χ4v) is 3.85. The number of hydrogen-bond donors (Lipinski definition) is 0. The number of ether oxygens (including phenoxy) is 1. The third kappa shape index (κ3) is 1.50. The Hall–Kier alpha value is -0.750. The van der Waals surface area contributed by atoms with Gasteiger partial charge in [0.25, 0.3) is 0 Å². The highest BCUT2D eigenvalue weighted by molar-refractivity contribution is 6.36. The van der Waals surface area contributed by atoms with Crippen LogP contribution in [0.2, 0.25) is 10.0 Å². The molecule has 0 radical (unpaired) electrons. The van der Waals surface area contributed by atoms with E-state index in [9.17, 15) is 5.26 Å². The van der Waals surface area contributed by atoms with Gasteiger partial charge in [0.05, 0.1) is 24.7 Å². The highest BCUT2D eigenvalue weighted by Gasteiger charge is 2.60. The van der Waals surface area contributed by atoms with Gasteiger partial charge in [0, 0.05) is 21.0 Å². The molecule has 0 unspecified atom stereocenters. The Labute approximate surface area is 110 Å². The van der Waals surface area contributed by atoms with Crippen LogP contribution >= 0.6 is 23.2 Å². The van der Waals surface area contributed by atoms with Crippen molar-refractivity contribution >= 4 is 23.2 Å². The van der Waals surface area contributed by atoms with Gasteiger partial charge < -0.3 is 4.74 Å². The lowest BCUT2D eigenvalue weighted by Gasteiger charge is -2.57. The molecular formula is C13H11Cl2NO. The summed E-state index contributed by atoms with van der Waals surface area (Å²) in [7, 11) is 0. The maximum absolute atomic E-state index is 9.48. The summed E-state index contributed by atoms with van der Waals surface area (Å²) in [5.41, 5.74) is 0.487. The third-order valence-corrected chi connectivity index (χ3v) is 4.46. The van der Waals surface area contributed by atoms with Crippen molar-refractivity contribution in [2.75, 3.05) is 13.2 Å². The van der Waals surface area contributed by atoms with E-state index in [1.54, 1.807) is 18.2 Å². The lowest BCUT2D eigenvalue weighted by atomic mass is 9.50. The van der Waals surface area contributed by atoms with Crippen LogP contribution in [0, 0.1) is 16.7 Å². The van der Waals surface area contributed by atoms with E-state index in [1.165, 1.54) is 0 Å². The summed E-state index contributed by atoms with van der Waals surface area (Å²) in [6, 6.07) is 7.81. The first-order chi connectivity index (χ1) is 8.11. The van der Waals surface area contributed by atoms with Crippen molar-refractivity contribution in [3.63, 3.8) is 0 Å². The van der Waals surface area contributed by atoms with Crippen LogP contribution in [-0.2, 0) is 10.2 Å². The summed E-state index contributed by atoms with van der Waals surface area (Å²) >= 11 is 12.4. The zero-order chi connectivity index (χ0) is 12.1. The molecule has 1 heterocycles. The number of benzene rings is 1. The number of nitriles is 1. The number of hydrogen-bond acceptors (Lipinski definition) is 2. The second-order valence-electron chi connectivity index (χ2n) is 5.14. The zero-order valence-corrected chi connectivity index (χ0v) is 10.7. The quantitative estimate of drug-likeness (QED) is 0.780. The SMILES string of the molecule is N#CC1(c2c(Cl)cccc2Cl)CC2(COC2)C1. The van der Waals surface area contributed by atoms with E-state index in [-0.39, 0.29) is 5.41 Å². The van der Waals surface area contributed by atoms with Gasteiger partial charge in [-0.15, -0.1) is 0 Å². The van der Waals surface area contributed by atoms with Crippen molar-refractivity contribution < 1.29 is 4.74 Å². The van der Waals surface area contributed by atoms with Crippen molar-refractivity contribution in [3.8, 4) is 6.07 Å². The Morgan fingerprint density at radius 1 is 1.18 bits per heavy atom. The van der Waals surface area contributed by atoms with Crippen LogP contribution in [0.25, 0.3) is 0 Å². The Bertz CT molecular complexity index is 488. The van der Waals surface area contributed by atoms with E-state index >= 15 is 0 Å². The summed E-state index contributed by atoms with van der Waals surface area (Å²) in [5, 5.41) is 10.7. The van der Waals surface area contributed by atoms with E-state index < -0.39 is 5.41 Å². The van der Waals surface area contributed by atoms with E-state index in [2.05, 4.69) is 6.07 Å². The maximum atomic E-state index is 9.48. The van der Waals surface area contributed by atoms with Gasteiger partial charge in [0.15, 0.2) is 0 Å². The van der Waals surface area contributed by atoms with Crippen molar-refractivity contribution in [1.82, 2.24) is 0 Å². The molecule has 88 valence electrons. The van der Waals surface area contributed by atoms with Crippen LogP contribution in [0.4, 0.5) is 0 Å². The molecule has 1 saturated heterocycles. The average Bonchev–Trinajstić information content (AvgIpc) is 2.18. The van der Waals surface area contributed by atoms with Gasteiger partial charge in [-0.05, 0) is 25.0 Å². The molecule has 2 nitrogen and oxygen atoms in total. The van der Waals surface area contributed by atoms with Gasteiger partial charge in [-0.2, -0.15) is 5.26 Å². The summed E-state index contributed by atoms with van der Waals surface area (Å²) in [6.45, 7) is 1.52. The molecule has 0 aromatic heterocycles. The molecule has 1 aliphatic carbocycles. The minimum Gasteiger partial charge on any atom is -0.380 e. The van der Waals surface area contributed by atoms with E-state index in [0.717, 1.165) is 31.6 Å². The maximum Gasteiger partial charge on any atom is 0.0865 e. The summed E-state index contributed by atoms with van der Waals surface area (Å²) < 4.78 is 5.24. The minimum absolute atomic E-state index is 0.207. The molecule has 2 fully saturated rings. The Balaban J connectivity index is 2.00. The van der Waals surface area contributed by atoms with Crippen LogP contribution in [0.3, 0.4) is 0 Å². The topological polar surface area (TPSA) is 33.0 Å². The van der Waals surface area contributed by atoms with Gasteiger partial charge in [0.1, 0.15) is 0 Å². The highest BCUT2D eigenvalue weighted by Crippen LogP contribution is 2.60. The molecule has 0 amide bonds. The molecule has 0 bridgehead atoms. The molecular weight excluding hydrogens is 257 g/mol. The number of nitrogens with zero attached hydrogens (tertiary/aromatic N) is 1. The molecule has 1 aliphatic heterocycles. The van der Waals surface area contributed by atoms with Gasteiger partial charge >= 0.3 is 0 Å². The Morgan fingerprint density at radius 3 is 2.18 bits per heavy atom. The molecule has 4 heteroatoms. The predicted octanol–water partition coefficient (Wildman–Crippen LogP) is 3.57. The fourth-order valence-electron chi connectivity index (χ4n) is 3.09. The lowest BCUT2D eigenvalue weighted by molar-refractivity contribution is -0.178. The molecule has 1 spiro atoms. The van der Waals surface area contributed by atoms with Crippen LogP contribution in [0.5, 0.6) is 0 Å². The Morgan fingerprint density at radius 2 is 1.76 bits per heavy atom. The molecule has 2 aliphatic rings. The van der Waals surface area contributed by atoms with E-state index in [1.807, 2.05) is 0 Å². The summed E-state index contributed by atoms with van der Waals surface area (Å²) in [4.78, 5) is 0. The predicted molar refractivity (Wildman–Crippen MR) is 66.2 cm³/mol. The molecule has 17 heavy (non-hydrogen) atoms. The molecule has 0 atom stereocenters. The van der Waals surface area contributed by atoms with Gasteiger partial charge in [0.2, 0.25) is 0 Å². The first-order valence-corrected chi connectivity index (χ1v) is 6.30. The number of rotatable bonds is 1. The third-order valence-electron chi connectivity index (χ3n) is 3.83. The van der Waals surface area contributed by atoms with E-state index in [0.29, 0.717) is 10.0 Å². The smallest absolute Gasteiger partial charge is 0.0865 e. The van der Waals surface area contributed by atoms with Crippen LogP contribution in [0.1, 0.15) is 18.4 Å². The van der Waals surface area contributed by atoms with Crippen LogP contribution in [-0.4, -0.2) is 13.2 Å². The largest absolute Gasteiger partial charge is 0.380 e. The second-order valence-corrected chi connectivity index (χ2v) is 5.95. The first kappa shape index (κ1) is 11.3. The summed E-state index contributed by atoms with van der Waals surface area (Å²) in [6.07, 6.45) is 1.61. The van der Waals surface area contributed by atoms with Crippen LogP contribution < -0.4 is 0 Å². The van der Waals surface area contributed by atoms with Crippen molar-refractivity contribution in [1.29, 1.82) is 5.26 Å². The molecule has 1 aromatic rings. The molecule has 0 N–H and O–H groups in total. The zero-order valence-electron chi connectivity index (χ0n) is 9.17. The molecule has 1 saturated carbocycles. The van der Waals surface area contributed by atoms with Gasteiger partial charge in [-0.25, -0.2) is 0 Å². The Kier molecular flexibility index (Phi) is 2.42. The fraction of sp³-hybridized carbons (Fsp3) is 0.462. The van der Waals surface area contributed by atoms with Gasteiger partial charge in [-0.3, -0.25) is 0 Å². The highest BCUT2D eigenvalue weighted by atomic mass is 35.5. The van der Waals surface area contributed by atoms with Crippen molar-refractivity contribution in [2.45, 2.75) is 18.3 Å². The monoisotopic (exact) mass is 267 g/mol. The normalized spacial score (nSPS) is 23.6. The molecule has 3 rings (SSSR count). The van der Waals surface area contributed by atoms with Crippen LogP contribution in [0.15, 0.2) is 18.2 Å². The lowest BCUT2D eigenvalue weighted by Crippen LogP contribution is -2.59. The van der Waals surface area contributed by atoms with E-state index in [4.69, 9.17) is 27.9 Å². The second kappa shape index (κ2) is 3.62. The first-order valence-electron chi connectivity index (χ1n) is 5.54.